The predicted molar refractivity (Wildman–Crippen MR) is 94.8 cm³/mol. The molecule has 6 heteroatoms. The third-order valence-corrected chi connectivity index (χ3v) is 5.27. The molecule has 0 saturated carbocycles. The summed E-state index contributed by atoms with van der Waals surface area (Å²) in [5, 5.41) is 11.3. The number of nitrogens with zero attached hydrogens (tertiary/aromatic N) is 1. The number of hydrogen-bond acceptors (Lipinski definition) is 5. The van der Waals surface area contributed by atoms with Crippen molar-refractivity contribution in [1.82, 2.24) is 4.90 Å². The number of likely N-dealkylation sites (tertiary alicyclic amines) is 1. The molecule has 0 radical (unpaired) electrons. The third-order valence-electron chi connectivity index (χ3n) is 5.27. The first-order valence-electron chi connectivity index (χ1n) is 8.90. The summed E-state index contributed by atoms with van der Waals surface area (Å²) in [5.74, 6) is -1.72. The Morgan fingerprint density at radius 1 is 1.04 bits per heavy atom. The van der Waals surface area contributed by atoms with E-state index < -0.39 is 18.1 Å². The fraction of sp³-hybridized carbons (Fsp3) is 0.286. The number of carbonyl (C=O) groups is 3. The number of piperidine rings is 1. The number of ketones is 1. The van der Waals surface area contributed by atoms with Crippen LogP contribution in [-0.2, 0) is 14.3 Å². The Balaban J connectivity index is 1.53. The van der Waals surface area contributed by atoms with Gasteiger partial charge < -0.3 is 14.6 Å². The number of carbonyl (C=O) groups excluding carboxylic acids is 3. The van der Waals surface area contributed by atoms with Crippen LogP contribution in [0.25, 0.3) is 11.1 Å². The van der Waals surface area contributed by atoms with Crippen LogP contribution in [0.4, 0.5) is 4.79 Å². The number of carboxylic acids is 1. The molecule has 1 heterocycles. The lowest BCUT2D eigenvalue weighted by atomic mass is 9.98. The first-order valence-corrected chi connectivity index (χ1v) is 8.90. The van der Waals surface area contributed by atoms with E-state index in [4.69, 9.17) is 4.74 Å². The Hall–Kier alpha value is -3.15. The first kappa shape index (κ1) is 17.3. The molecule has 1 atom stereocenters. The topological polar surface area (TPSA) is 86.7 Å². The van der Waals surface area contributed by atoms with E-state index in [1.54, 1.807) is 0 Å². The Morgan fingerprint density at radius 3 is 2.22 bits per heavy atom. The average Bonchev–Trinajstić information content (AvgIpc) is 3.00. The standard InChI is InChI=1S/C21H19NO5/c23-13-9-10-22(19(11-13)20(24)25)21(26)27-12-18-16-7-3-1-5-14(16)15-6-2-4-8-17(15)18/h1-8,18-19H,9-12H2,(H,24,25)/p-1/t19-/m0/s1. The molecule has 4 rings (SSSR count). The van der Waals surface area contributed by atoms with E-state index in [1.165, 1.54) is 0 Å². The van der Waals surface area contributed by atoms with Crippen LogP contribution < -0.4 is 5.11 Å². The molecule has 1 amide bonds. The Kier molecular flexibility index (Phi) is 4.39. The van der Waals surface area contributed by atoms with Gasteiger partial charge >= 0.3 is 6.09 Å². The maximum atomic E-state index is 12.5. The highest BCUT2D eigenvalue weighted by molar-refractivity contribution is 5.89. The van der Waals surface area contributed by atoms with Gasteiger partial charge in [-0.05, 0) is 22.3 Å². The second-order valence-corrected chi connectivity index (χ2v) is 6.83. The number of fused-ring (bicyclic) bond motifs is 3. The van der Waals surface area contributed by atoms with Crippen LogP contribution in [0.3, 0.4) is 0 Å². The second kappa shape index (κ2) is 6.87. The Morgan fingerprint density at radius 2 is 1.63 bits per heavy atom. The van der Waals surface area contributed by atoms with Gasteiger partial charge in [0, 0.05) is 25.3 Å². The smallest absolute Gasteiger partial charge is 0.410 e. The van der Waals surface area contributed by atoms with Crippen LogP contribution in [0, 0.1) is 0 Å². The van der Waals surface area contributed by atoms with Crippen LogP contribution in [0.5, 0.6) is 0 Å². The molecule has 0 aromatic heterocycles. The number of carboxylic acid groups (broad SMARTS) is 1. The van der Waals surface area contributed by atoms with Crippen LogP contribution >= 0.6 is 0 Å². The molecule has 138 valence electrons. The summed E-state index contributed by atoms with van der Waals surface area (Å²) < 4.78 is 5.48. The quantitative estimate of drug-likeness (QED) is 0.828. The van der Waals surface area contributed by atoms with Crippen molar-refractivity contribution in [1.29, 1.82) is 0 Å². The van der Waals surface area contributed by atoms with Crippen molar-refractivity contribution in [3.05, 3.63) is 59.7 Å². The van der Waals surface area contributed by atoms with Gasteiger partial charge in [-0.1, -0.05) is 48.5 Å². The number of aliphatic carboxylic acids is 1. The van der Waals surface area contributed by atoms with Gasteiger partial charge in [0.15, 0.2) is 0 Å². The largest absolute Gasteiger partial charge is 0.548 e. The van der Waals surface area contributed by atoms with Crippen molar-refractivity contribution >= 4 is 17.8 Å². The lowest BCUT2D eigenvalue weighted by Gasteiger charge is -2.34. The number of Topliss-reactive ketones (excluding diaryl/α,β-unsaturated/α-hetero) is 1. The molecule has 0 bridgehead atoms. The van der Waals surface area contributed by atoms with Crippen molar-refractivity contribution in [2.75, 3.05) is 13.2 Å². The van der Waals surface area contributed by atoms with E-state index in [9.17, 15) is 19.5 Å². The van der Waals surface area contributed by atoms with Gasteiger partial charge in [-0.15, -0.1) is 0 Å². The second-order valence-electron chi connectivity index (χ2n) is 6.83. The zero-order valence-corrected chi connectivity index (χ0v) is 14.6. The molecular formula is C21H18NO5-. The molecule has 1 fully saturated rings. The molecule has 0 spiro atoms. The van der Waals surface area contributed by atoms with Gasteiger partial charge in [0.25, 0.3) is 0 Å². The summed E-state index contributed by atoms with van der Waals surface area (Å²) >= 11 is 0. The van der Waals surface area contributed by atoms with E-state index in [2.05, 4.69) is 0 Å². The minimum absolute atomic E-state index is 0.0359. The van der Waals surface area contributed by atoms with Gasteiger partial charge in [0.2, 0.25) is 0 Å². The monoisotopic (exact) mass is 364 g/mol. The lowest BCUT2D eigenvalue weighted by molar-refractivity contribution is -0.311. The lowest BCUT2D eigenvalue weighted by Crippen LogP contribution is -2.55. The minimum atomic E-state index is -1.43. The SMILES string of the molecule is O=C1CCN(C(=O)OCC2c3ccccc3-c3ccccc32)[C@H](C(=O)[O-])C1. The molecule has 0 unspecified atom stereocenters. The van der Waals surface area contributed by atoms with Crippen molar-refractivity contribution in [2.24, 2.45) is 0 Å². The number of benzene rings is 2. The van der Waals surface area contributed by atoms with Crippen molar-refractivity contribution in [2.45, 2.75) is 24.8 Å². The maximum absolute atomic E-state index is 12.5. The molecule has 2 aliphatic rings. The summed E-state index contributed by atoms with van der Waals surface area (Å²) in [4.78, 5) is 36.4. The fourth-order valence-electron chi connectivity index (χ4n) is 3.93. The third kappa shape index (κ3) is 3.07. The molecule has 2 aromatic carbocycles. The summed E-state index contributed by atoms with van der Waals surface area (Å²) in [7, 11) is 0. The highest BCUT2D eigenvalue weighted by Gasteiger charge is 2.34. The highest BCUT2D eigenvalue weighted by Crippen LogP contribution is 2.44. The molecule has 27 heavy (non-hydrogen) atoms. The summed E-state index contributed by atoms with van der Waals surface area (Å²) in [6.07, 6.45) is -0.820. The van der Waals surface area contributed by atoms with Gasteiger partial charge in [-0.3, -0.25) is 9.69 Å². The van der Waals surface area contributed by atoms with Crippen molar-refractivity contribution in [3.63, 3.8) is 0 Å². The Bertz CT molecular complexity index is 877. The molecule has 1 aliphatic carbocycles. The number of ether oxygens (including phenoxy) is 1. The van der Waals surface area contributed by atoms with Gasteiger partial charge in [0.05, 0.1) is 12.0 Å². The molecule has 1 saturated heterocycles. The van der Waals surface area contributed by atoms with Crippen LogP contribution in [0.1, 0.15) is 29.9 Å². The van der Waals surface area contributed by atoms with Gasteiger partial charge in [0.1, 0.15) is 12.4 Å². The molecule has 0 N–H and O–H groups in total. The van der Waals surface area contributed by atoms with Crippen LogP contribution in [-0.4, -0.2) is 41.9 Å². The zero-order chi connectivity index (χ0) is 19.0. The van der Waals surface area contributed by atoms with E-state index in [0.29, 0.717) is 0 Å². The molecule has 6 nitrogen and oxygen atoms in total. The highest BCUT2D eigenvalue weighted by atomic mass is 16.6. The molecule has 1 aliphatic heterocycles. The number of rotatable bonds is 3. The Labute approximate surface area is 156 Å². The van der Waals surface area contributed by atoms with Gasteiger partial charge in [-0.2, -0.15) is 0 Å². The van der Waals surface area contributed by atoms with E-state index in [1.807, 2.05) is 48.5 Å². The van der Waals surface area contributed by atoms with E-state index >= 15 is 0 Å². The van der Waals surface area contributed by atoms with Crippen LogP contribution in [0.2, 0.25) is 0 Å². The van der Waals surface area contributed by atoms with Crippen LogP contribution in [0.15, 0.2) is 48.5 Å². The van der Waals surface area contributed by atoms with E-state index in [0.717, 1.165) is 27.2 Å². The first-order chi connectivity index (χ1) is 13.1. The minimum Gasteiger partial charge on any atom is -0.548 e. The maximum Gasteiger partial charge on any atom is 0.410 e. The van der Waals surface area contributed by atoms with Gasteiger partial charge in [-0.25, -0.2) is 4.79 Å². The normalized spacial score (nSPS) is 18.7. The summed E-state index contributed by atoms with van der Waals surface area (Å²) in [6, 6.07) is 14.7. The number of hydrogen-bond donors (Lipinski definition) is 0. The molecular weight excluding hydrogens is 346 g/mol. The summed E-state index contributed by atoms with van der Waals surface area (Å²) in [6.45, 7) is 0.144. The average molecular weight is 364 g/mol. The van der Waals surface area contributed by atoms with E-state index in [-0.39, 0.29) is 37.7 Å². The van der Waals surface area contributed by atoms with Crippen molar-refractivity contribution < 1.29 is 24.2 Å². The zero-order valence-electron chi connectivity index (χ0n) is 14.6. The summed E-state index contributed by atoms with van der Waals surface area (Å²) in [5.41, 5.74) is 4.39. The fourth-order valence-corrected chi connectivity index (χ4v) is 3.93. The number of amides is 1. The molecule has 2 aromatic rings. The predicted octanol–water partition coefficient (Wildman–Crippen LogP) is 1.72. The van der Waals surface area contributed by atoms with Crippen molar-refractivity contribution in [3.8, 4) is 11.1 Å².